The van der Waals surface area contributed by atoms with Crippen LogP contribution in [0.1, 0.15) is 31.4 Å². The van der Waals surface area contributed by atoms with Crippen molar-refractivity contribution in [3.8, 4) is 0 Å². The first kappa shape index (κ1) is 11.5. The first-order valence-corrected chi connectivity index (χ1v) is 5.29. The molecule has 0 atom stereocenters. The Balaban J connectivity index is 3.13. The Kier molecular flexibility index (Phi) is 4.11. The lowest BCUT2D eigenvalue weighted by atomic mass is 9.94. The molecule has 0 aromatic heterocycles. The maximum absolute atomic E-state index is 4.11. The summed E-state index contributed by atoms with van der Waals surface area (Å²) >= 11 is 0. The highest BCUT2D eigenvalue weighted by molar-refractivity contribution is 5.81. The van der Waals surface area contributed by atoms with Gasteiger partial charge in [-0.15, -0.1) is 0 Å². The molecular formula is C15H18. The normalized spacial score (nSPS) is 10.5. The average molecular weight is 198 g/mol. The minimum atomic E-state index is 0.947. The minimum absolute atomic E-state index is 0.947. The van der Waals surface area contributed by atoms with Gasteiger partial charge in [0.05, 0.1) is 0 Å². The van der Waals surface area contributed by atoms with Gasteiger partial charge < -0.3 is 0 Å². The van der Waals surface area contributed by atoms with E-state index in [1.807, 2.05) is 25.1 Å². The lowest BCUT2D eigenvalue weighted by Crippen LogP contribution is -1.89. The van der Waals surface area contributed by atoms with Gasteiger partial charge in [-0.05, 0) is 35.6 Å². The molecule has 0 N–H and O–H groups in total. The van der Waals surface area contributed by atoms with Gasteiger partial charge in [0.2, 0.25) is 0 Å². The molecule has 0 amide bonds. The van der Waals surface area contributed by atoms with Gasteiger partial charge in [-0.2, -0.15) is 0 Å². The van der Waals surface area contributed by atoms with Crippen LogP contribution in [-0.2, 0) is 0 Å². The molecule has 0 aliphatic carbocycles. The van der Waals surface area contributed by atoms with Crippen LogP contribution in [0.4, 0.5) is 0 Å². The summed E-state index contributed by atoms with van der Waals surface area (Å²) in [6.45, 7) is 12.3. The number of hydrogen-bond acceptors (Lipinski definition) is 0. The number of allylic oxidation sites excluding steroid dienone is 3. The molecule has 78 valence electrons. The second-order valence-corrected chi connectivity index (χ2v) is 3.52. The zero-order chi connectivity index (χ0) is 11.3. The molecule has 0 fully saturated rings. The van der Waals surface area contributed by atoms with E-state index in [9.17, 15) is 0 Å². The third kappa shape index (κ3) is 2.69. The van der Waals surface area contributed by atoms with Crippen LogP contribution in [-0.4, -0.2) is 0 Å². The van der Waals surface area contributed by atoms with Crippen molar-refractivity contribution >= 4 is 11.6 Å². The number of hydrogen-bond donors (Lipinski definition) is 0. The predicted octanol–water partition coefficient (Wildman–Crippen LogP) is 4.70. The maximum atomic E-state index is 4.11. The van der Waals surface area contributed by atoms with Crippen molar-refractivity contribution in [2.45, 2.75) is 20.3 Å². The molecule has 0 spiro atoms. The molecule has 0 heterocycles. The molecule has 0 saturated heterocycles. The third-order valence-electron chi connectivity index (χ3n) is 2.49. The van der Waals surface area contributed by atoms with E-state index in [0.717, 1.165) is 17.6 Å². The Morgan fingerprint density at radius 3 is 2.53 bits per heavy atom. The SMILES string of the molecule is C=C(CC)C(=C)c1ccccc1/C=C\C. The predicted molar refractivity (Wildman–Crippen MR) is 69.6 cm³/mol. The summed E-state index contributed by atoms with van der Waals surface area (Å²) in [7, 11) is 0. The Morgan fingerprint density at radius 1 is 1.27 bits per heavy atom. The fourth-order valence-electron chi connectivity index (χ4n) is 1.50. The molecule has 1 aromatic rings. The molecule has 0 heteroatoms. The van der Waals surface area contributed by atoms with Crippen molar-refractivity contribution in [1.82, 2.24) is 0 Å². The Morgan fingerprint density at radius 2 is 1.93 bits per heavy atom. The maximum Gasteiger partial charge on any atom is -0.0115 e. The van der Waals surface area contributed by atoms with E-state index in [1.54, 1.807) is 0 Å². The van der Waals surface area contributed by atoms with Gasteiger partial charge in [0.25, 0.3) is 0 Å². The van der Waals surface area contributed by atoms with E-state index < -0.39 is 0 Å². The molecule has 0 radical (unpaired) electrons. The molecule has 0 bridgehead atoms. The first-order chi connectivity index (χ1) is 7.20. The molecule has 0 nitrogen and oxygen atoms in total. The molecule has 0 aliphatic rings. The monoisotopic (exact) mass is 198 g/mol. The lowest BCUT2D eigenvalue weighted by molar-refractivity contribution is 1.17. The highest BCUT2D eigenvalue weighted by Crippen LogP contribution is 2.25. The van der Waals surface area contributed by atoms with Gasteiger partial charge >= 0.3 is 0 Å². The fraction of sp³-hybridized carbons (Fsp3) is 0.200. The minimum Gasteiger partial charge on any atom is -0.0952 e. The Labute approximate surface area is 92.6 Å². The van der Waals surface area contributed by atoms with Crippen molar-refractivity contribution < 1.29 is 0 Å². The second kappa shape index (κ2) is 5.35. The number of benzene rings is 1. The average Bonchev–Trinajstić information content (AvgIpc) is 2.28. The van der Waals surface area contributed by atoms with E-state index in [0.29, 0.717) is 0 Å². The largest absolute Gasteiger partial charge is 0.0952 e. The fourth-order valence-corrected chi connectivity index (χ4v) is 1.50. The summed E-state index contributed by atoms with van der Waals surface area (Å²) in [6.07, 6.45) is 5.09. The highest BCUT2D eigenvalue weighted by Gasteiger charge is 2.04. The van der Waals surface area contributed by atoms with Crippen LogP contribution < -0.4 is 0 Å². The summed E-state index contributed by atoms with van der Waals surface area (Å²) in [4.78, 5) is 0. The summed E-state index contributed by atoms with van der Waals surface area (Å²) in [5.74, 6) is 0. The smallest absolute Gasteiger partial charge is 0.0115 e. The van der Waals surface area contributed by atoms with E-state index in [4.69, 9.17) is 0 Å². The van der Waals surface area contributed by atoms with Crippen LogP contribution in [0.3, 0.4) is 0 Å². The molecule has 0 aliphatic heterocycles. The Hall–Kier alpha value is -1.56. The first-order valence-electron chi connectivity index (χ1n) is 5.29. The van der Waals surface area contributed by atoms with Gasteiger partial charge in [0.15, 0.2) is 0 Å². The van der Waals surface area contributed by atoms with Gasteiger partial charge in [-0.25, -0.2) is 0 Å². The lowest BCUT2D eigenvalue weighted by Gasteiger charge is -2.10. The standard InChI is InChI=1S/C15H18/c1-5-9-14-10-7-8-11-15(14)13(4)12(3)6-2/h5,7-11H,3-4,6H2,1-2H3/b9-5-. The van der Waals surface area contributed by atoms with E-state index >= 15 is 0 Å². The molecule has 1 rings (SSSR count). The van der Waals surface area contributed by atoms with Crippen molar-refractivity contribution in [1.29, 1.82) is 0 Å². The van der Waals surface area contributed by atoms with Gasteiger partial charge in [0, 0.05) is 0 Å². The van der Waals surface area contributed by atoms with Crippen LogP contribution in [0.5, 0.6) is 0 Å². The van der Waals surface area contributed by atoms with Gasteiger partial charge in [-0.1, -0.05) is 56.5 Å². The zero-order valence-electron chi connectivity index (χ0n) is 9.59. The summed E-state index contributed by atoms with van der Waals surface area (Å²) < 4.78 is 0. The molecule has 0 saturated carbocycles. The van der Waals surface area contributed by atoms with Crippen LogP contribution in [0.15, 0.2) is 49.1 Å². The van der Waals surface area contributed by atoms with E-state index in [-0.39, 0.29) is 0 Å². The van der Waals surface area contributed by atoms with Crippen LogP contribution in [0.2, 0.25) is 0 Å². The molecule has 15 heavy (non-hydrogen) atoms. The summed E-state index contributed by atoms with van der Waals surface area (Å²) in [5, 5.41) is 0. The second-order valence-electron chi connectivity index (χ2n) is 3.52. The van der Waals surface area contributed by atoms with Gasteiger partial charge in [-0.3, -0.25) is 0 Å². The van der Waals surface area contributed by atoms with Crippen molar-refractivity contribution in [2.24, 2.45) is 0 Å². The molecule has 1 aromatic carbocycles. The summed E-state index contributed by atoms with van der Waals surface area (Å²) in [6, 6.07) is 8.28. The van der Waals surface area contributed by atoms with Crippen LogP contribution in [0, 0.1) is 0 Å². The van der Waals surface area contributed by atoms with E-state index in [2.05, 4.69) is 38.3 Å². The van der Waals surface area contributed by atoms with Crippen LogP contribution >= 0.6 is 0 Å². The quantitative estimate of drug-likeness (QED) is 0.615. The highest BCUT2D eigenvalue weighted by atomic mass is 14.1. The van der Waals surface area contributed by atoms with Crippen LogP contribution in [0.25, 0.3) is 11.6 Å². The van der Waals surface area contributed by atoms with Crippen molar-refractivity contribution in [3.05, 3.63) is 60.2 Å². The van der Waals surface area contributed by atoms with Crippen molar-refractivity contribution in [2.75, 3.05) is 0 Å². The number of rotatable bonds is 4. The topological polar surface area (TPSA) is 0 Å². The van der Waals surface area contributed by atoms with E-state index in [1.165, 1.54) is 11.1 Å². The third-order valence-corrected chi connectivity index (χ3v) is 2.49. The molecular weight excluding hydrogens is 180 g/mol. The van der Waals surface area contributed by atoms with Crippen molar-refractivity contribution in [3.63, 3.8) is 0 Å². The Bertz CT molecular complexity index is 394. The molecule has 0 unspecified atom stereocenters. The zero-order valence-corrected chi connectivity index (χ0v) is 9.59. The van der Waals surface area contributed by atoms with Gasteiger partial charge in [0.1, 0.15) is 0 Å². The summed E-state index contributed by atoms with van der Waals surface area (Å²) in [5.41, 5.74) is 4.54.